The Balaban J connectivity index is 1.60. The first-order valence-corrected chi connectivity index (χ1v) is 8.09. The van der Waals surface area contributed by atoms with Crippen LogP contribution in [0.1, 0.15) is 23.5 Å². The number of aromatic amines is 1. The van der Waals surface area contributed by atoms with Crippen LogP contribution in [0.5, 0.6) is 0 Å². The molecule has 0 fully saturated rings. The SMILES string of the molecule is O=C1CC(c2ccc(-n3cncn3)cc2)c2cc3[nH]c(=O)oc3cc2N1. The average Bonchev–Trinajstić information content (AvgIpc) is 3.28. The molecule has 0 bridgehead atoms. The van der Waals surface area contributed by atoms with E-state index in [-0.39, 0.29) is 11.8 Å². The third-order valence-electron chi connectivity index (χ3n) is 4.61. The smallest absolute Gasteiger partial charge is 0.408 e. The van der Waals surface area contributed by atoms with Gasteiger partial charge in [-0.25, -0.2) is 14.5 Å². The first-order chi connectivity index (χ1) is 12.7. The van der Waals surface area contributed by atoms with Gasteiger partial charge in [0.25, 0.3) is 0 Å². The van der Waals surface area contributed by atoms with Crippen LogP contribution in [0.2, 0.25) is 0 Å². The molecule has 26 heavy (non-hydrogen) atoms. The maximum absolute atomic E-state index is 12.2. The van der Waals surface area contributed by atoms with Gasteiger partial charge in [-0.05, 0) is 29.3 Å². The molecule has 0 aliphatic carbocycles. The summed E-state index contributed by atoms with van der Waals surface area (Å²) in [7, 11) is 0. The van der Waals surface area contributed by atoms with E-state index in [0.29, 0.717) is 23.2 Å². The second-order valence-corrected chi connectivity index (χ2v) is 6.19. The largest absolute Gasteiger partial charge is 0.417 e. The van der Waals surface area contributed by atoms with Gasteiger partial charge in [0.05, 0.1) is 11.2 Å². The van der Waals surface area contributed by atoms with Gasteiger partial charge in [0, 0.05) is 24.1 Å². The van der Waals surface area contributed by atoms with Crippen LogP contribution in [0.25, 0.3) is 16.8 Å². The molecule has 0 saturated heterocycles. The standard InChI is InChI=1S/C18H13N5O3/c24-17-6-12(10-1-3-11(4-2-10)23-9-19-8-20-23)13-5-15-16(7-14(13)21-17)26-18(25)22-15/h1-5,7-9,12H,6H2,(H,21,24)(H,22,25). The lowest BCUT2D eigenvalue weighted by molar-refractivity contribution is -0.116. The number of carbonyl (C=O) groups excluding carboxylic acids is 1. The first-order valence-electron chi connectivity index (χ1n) is 8.09. The van der Waals surface area contributed by atoms with Gasteiger partial charge in [0.1, 0.15) is 12.7 Å². The third kappa shape index (κ3) is 2.31. The number of aromatic nitrogens is 4. The number of benzene rings is 2. The molecule has 3 heterocycles. The van der Waals surface area contributed by atoms with E-state index in [2.05, 4.69) is 20.4 Å². The summed E-state index contributed by atoms with van der Waals surface area (Å²) >= 11 is 0. The van der Waals surface area contributed by atoms with Crippen molar-refractivity contribution in [3.05, 3.63) is 70.7 Å². The van der Waals surface area contributed by atoms with Gasteiger partial charge >= 0.3 is 5.76 Å². The van der Waals surface area contributed by atoms with Gasteiger partial charge in [-0.1, -0.05) is 12.1 Å². The van der Waals surface area contributed by atoms with Crippen molar-refractivity contribution in [3.63, 3.8) is 0 Å². The van der Waals surface area contributed by atoms with E-state index in [0.717, 1.165) is 16.8 Å². The van der Waals surface area contributed by atoms with Crippen molar-refractivity contribution in [3.8, 4) is 5.69 Å². The number of hydrogen-bond acceptors (Lipinski definition) is 5. The number of amides is 1. The minimum absolute atomic E-state index is 0.0694. The lowest BCUT2D eigenvalue weighted by Gasteiger charge is -2.26. The molecular weight excluding hydrogens is 334 g/mol. The van der Waals surface area contributed by atoms with E-state index in [9.17, 15) is 9.59 Å². The minimum atomic E-state index is -0.512. The number of nitrogens with one attached hydrogen (secondary N) is 2. The van der Waals surface area contributed by atoms with E-state index in [4.69, 9.17) is 4.42 Å². The zero-order valence-corrected chi connectivity index (χ0v) is 13.5. The summed E-state index contributed by atoms with van der Waals surface area (Å²) in [5.41, 5.74) is 4.56. The number of hydrogen-bond donors (Lipinski definition) is 2. The number of rotatable bonds is 2. The normalized spacial score (nSPS) is 16.5. The fraction of sp³-hybridized carbons (Fsp3) is 0.111. The number of nitrogens with zero attached hydrogens (tertiary/aromatic N) is 3. The Morgan fingerprint density at radius 1 is 1.15 bits per heavy atom. The van der Waals surface area contributed by atoms with E-state index < -0.39 is 5.76 Å². The molecule has 1 aliphatic heterocycles. The van der Waals surface area contributed by atoms with Crippen molar-refractivity contribution in [1.29, 1.82) is 0 Å². The molecular formula is C18H13N5O3. The summed E-state index contributed by atoms with van der Waals surface area (Å²) in [4.78, 5) is 30.2. The lowest BCUT2D eigenvalue weighted by atomic mass is 9.84. The van der Waals surface area contributed by atoms with Gasteiger partial charge in [-0.15, -0.1) is 0 Å². The lowest BCUT2D eigenvalue weighted by Crippen LogP contribution is -2.23. The second kappa shape index (κ2) is 5.41. The molecule has 0 saturated carbocycles. The Morgan fingerprint density at radius 3 is 2.77 bits per heavy atom. The maximum Gasteiger partial charge on any atom is 0.417 e. The number of oxazole rings is 1. The number of anilines is 1. The Kier molecular flexibility index (Phi) is 3.05. The summed E-state index contributed by atoms with van der Waals surface area (Å²) in [5.74, 6) is -0.686. The fourth-order valence-corrected chi connectivity index (χ4v) is 3.41. The molecule has 1 atom stereocenters. The molecule has 2 N–H and O–H groups in total. The second-order valence-electron chi connectivity index (χ2n) is 6.19. The van der Waals surface area contributed by atoms with Crippen molar-refractivity contribution in [2.24, 2.45) is 0 Å². The molecule has 0 spiro atoms. The van der Waals surface area contributed by atoms with Crippen molar-refractivity contribution in [2.75, 3.05) is 5.32 Å². The molecule has 8 nitrogen and oxygen atoms in total. The van der Waals surface area contributed by atoms with Crippen molar-refractivity contribution in [2.45, 2.75) is 12.3 Å². The van der Waals surface area contributed by atoms with Crippen LogP contribution in [0.15, 0.2) is 58.3 Å². The predicted molar refractivity (Wildman–Crippen MR) is 93.3 cm³/mol. The van der Waals surface area contributed by atoms with E-state index in [1.807, 2.05) is 30.3 Å². The van der Waals surface area contributed by atoms with Crippen LogP contribution in [0, 0.1) is 0 Å². The molecule has 128 valence electrons. The van der Waals surface area contributed by atoms with Crippen LogP contribution >= 0.6 is 0 Å². The Labute approximate surface area is 146 Å². The van der Waals surface area contributed by atoms with Gasteiger partial charge in [-0.3, -0.25) is 9.78 Å². The Morgan fingerprint density at radius 2 is 2.00 bits per heavy atom. The highest BCUT2D eigenvalue weighted by atomic mass is 16.4. The summed E-state index contributed by atoms with van der Waals surface area (Å²) in [5, 5.41) is 6.97. The van der Waals surface area contributed by atoms with Crippen LogP contribution < -0.4 is 11.1 Å². The monoisotopic (exact) mass is 347 g/mol. The highest BCUT2D eigenvalue weighted by Crippen LogP contribution is 2.39. The van der Waals surface area contributed by atoms with E-state index >= 15 is 0 Å². The highest BCUT2D eigenvalue weighted by molar-refractivity contribution is 5.97. The van der Waals surface area contributed by atoms with Gasteiger partial charge in [-0.2, -0.15) is 5.10 Å². The van der Waals surface area contributed by atoms with Gasteiger partial charge in [0.15, 0.2) is 5.58 Å². The van der Waals surface area contributed by atoms with Crippen LogP contribution in [-0.4, -0.2) is 25.7 Å². The van der Waals surface area contributed by atoms with Crippen molar-refractivity contribution >= 4 is 22.7 Å². The summed E-state index contributed by atoms with van der Waals surface area (Å²) in [6.45, 7) is 0. The van der Waals surface area contributed by atoms with Crippen LogP contribution in [0.4, 0.5) is 5.69 Å². The predicted octanol–water partition coefficient (Wildman–Crippen LogP) is 2.18. The Hall–Kier alpha value is -3.68. The number of fused-ring (bicyclic) bond motifs is 2. The fourth-order valence-electron chi connectivity index (χ4n) is 3.41. The molecule has 1 unspecified atom stereocenters. The molecule has 2 aromatic carbocycles. The quantitative estimate of drug-likeness (QED) is 0.578. The molecule has 2 aromatic heterocycles. The zero-order chi connectivity index (χ0) is 17.7. The Bertz CT molecular complexity index is 1170. The van der Waals surface area contributed by atoms with Crippen molar-refractivity contribution < 1.29 is 9.21 Å². The molecule has 5 rings (SSSR count). The summed E-state index contributed by atoms with van der Waals surface area (Å²) in [6.07, 6.45) is 3.44. The molecule has 1 amide bonds. The van der Waals surface area contributed by atoms with E-state index in [1.165, 1.54) is 6.33 Å². The topological polar surface area (TPSA) is 106 Å². The first kappa shape index (κ1) is 14.6. The molecule has 0 radical (unpaired) electrons. The molecule has 8 heteroatoms. The highest BCUT2D eigenvalue weighted by Gasteiger charge is 2.27. The third-order valence-corrected chi connectivity index (χ3v) is 4.61. The van der Waals surface area contributed by atoms with Gasteiger partial charge < -0.3 is 9.73 Å². The number of H-pyrrole nitrogens is 1. The summed E-state index contributed by atoms with van der Waals surface area (Å²) < 4.78 is 6.76. The number of carbonyl (C=O) groups is 1. The average molecular weight is 347 g/mol. The van der Waals surface area contributed by atoms with Crippen LogP contribution in [-0.2, 0) is 4.79 Å². The van der Waals surface area contributed by atoms with Gasteiger partial charge in [0.2, 0.25) is 5.91 Å². The molecule has 1 aliphatic rings. The summed E-state index contributed by atoms with van der Waals surface area (Å²) in [6, 6.07) is 11.4. The zero-order valence-electron chi connectivity index (χ0n) is 13.5. The molecule has 4 aromatic rings. The maximum atomic E-state index is 12.2. The van der Waals surface area contributed by atoms with Crippen molar-refractivity contribution in [1.82, 2.24) is 19.7 Å². The van der Waals surface area contributed by atoms with Crippen LogP contribution in [0.3, 0.4) is 0 Å². The van der Waals surface area contributed by atoms with E-state index in [1.54, 1.807) is 17.1 Å². The minimum Gasteiger partial charge on any atom is -0.408 e.